The minimum atomic E-state index is 0.153. The minimum Gasteiger partial charge on any atom is -0.507 e. The third-order valence-electron chi connectivity index (χ3n) is 6.53. The SMILES string of the molecule is Cc1cc(N[C@@H]2CCCN(C3COC3)C2)nnc1-c1ccc(-c2ccc(C#N)cc2)cc1O. The molecule has 2 N–H and O–H groups in total. The van der Waals surface area contributed by atoms with Gasteiger partial charge in [0.25, 0.3) is 0 Å². The zero-order chi connectivity index (χ0) is 22.8. The second-order valence-corrected chi connectivity index (χ2v) is 8.85. The van der Waals surface area contributed by atoms with Crippen molar-refractivity contribution in [3.63, 3.8) is 0 Å². The molecule has 0 bridgehead atoms. The van der Waals surface area contributed by atoms with E-state index in [-0.39, 0.29) is 5.75 Å². The minimum absolute atomic E-state index is 0.153. The van der Waals surface area contributed by atoms with Gasteiger partial charge in [-0.2, -0.15) is 5.26 Å². The predicted molar refractivity (Wildman–Crippen MR) is 127 cm³/mol. The van der Waals surface area contributed by atoms with Crippen LogP contribution in [0, 0.1) is 18.3 Å². The number of aromatic hydroxyl groups is 1. The number of hydrogen-bond donors (Lipinski definition) is 2. The molecule has 5 rings (SSSR count). The lowest BCUT2D eigenvalue weighted by atomic mass is 9.99. The number of phenols is 1. The van der Waals surface area contributed by atoms with Crippen molar-refractivity contribution in [3.8, 4) is 34.2 Å². The van der Waals surface area contributed by atoms with Gasteiger partial charge >= 0.3 is 0 Å². The maximum Gasteiger partial charge on any atom is 0.149 e. The van der Waals surface area contributed by atoms with Gasteiger partial charge in [0.05, 0.1) is 36.6 Å². The summed E-state index contributed by atoms with van der Waals surface area (Å²) in [5.74, 6) is 0.919. The van der Waals surface area contributed by atoms with E-state index in [1.807, 2.05) is 37.3 Å². The molecular weight excluding hydrogens is 414 g/mol. The molecule has 168 valence electrons. The van der Waals surface area contributed by atoms with Gasteiger partial charge in [-0.3, -0.25) is 4.90 Å². The summed E-state index contributed by atoms with van der Waals surface area (Å²) < 4.78 is 5.35. The molecule has 0 spiro atoms. The van der Waals surface area contributed by atoms with Gasteiger partial charge in [-0.15, -0.1) is 10.2 Å². The van der Waals surface area contributed by atoms with E-state index in [9.17, 15) is 5.11 Å². The van der Waals surface area contributed by atoms with Crippen LogP contribution in [0.3, 0.4) is 0 Å². The fraction of sp³-hybridized carbons (Fsp3) is 0.346. The van der Waals surface area contributed by atoms with Crippen molar-refractivity contribution in [1.82, 2.24) is 15.1 Å². The van der Waals surface area contributed by atoms with E-state index in [2.05, 4.69) is 26.5 Å². The first kappa shape index (κ1) is 21.4. The van der Waals surface area contributed by atoms with Gasteiger partial charge in [0.1, 0.15) is 11.6 Å². The summed E-state index contributed by atoms with van der Waals surface area (Å²) in [5, 5.41) is 32.1. The molecule has 2 fully saturated rings. The highest BCUT2D eigenvalue weighted by Crippen LogP contribution is 2.34. The molecule has 1 atom stereocenters. The van der Waals surface area contributed by atoms with Crippen LogP contribution in [0.25, 0.3) is 22.4 Å². The van der Waals surface area contributed by atoms with Crippen molar-refractivity contribution in [2.24, 2.45) is 0 Å². The third kappa shape index (κ3) is 4.54. The number of aryl methyl sites for hydroxylation is 1. The fourth-order valence-electron chi connectivity index (χ4n) is 4.57. The molecule has 1 aromatic heterocycles. The Kier molecular flexibility index (Phi) is 5.95. The van der Waals surface area contributed by atoms with E-state index in [0.29, 0.717) is 28.9 Å². The molecule has 7 nitrogen and oxygen atoms in total. The Morgan fingerprint density at radius 3 is 2.55 bits per heavy atom. The summed E-state index contributed by atoms with van der Waals surface area (Å²) in [6.45, 7) is 5.80. The van der Waals surface area contributed by atoms with Crippen molar-refractivity contribution >= 4 is 5.82 Å². The monoisotopic (exact) mass is 441 g/mol. The summed E-state index contributed by atoms with van der Waals surface area (Å²) in [4.78, 5) is 2.51. The first-order valence-electron chi connectivity index (χ1n) is 11.4. The molecule has 0 radical (unpaired) electrons. The first-order valence-corrected chi connectivity index (χ1v) is 11.4. The molecule has 3 aromatic rings. The van der Waals surface area contributed by atoms with Crippen LogP contribution in [-0.2, 0) is 4.74 Å². The zero-order valence-corrected chi connectivity index (χ0v) is 18.7. The Bertz CT molecular complexity index is 1180. The molecule has 0 amide bonds. The normalized spacial score (nSPS) is 19.0. The topological polar surface area (TPSA) is 94.3 Å². The van der Waals surface area contributed by atoms with Gasteiger partial charge in [0.2, 0.25) is 0 Å². The van der Waals surface area contributed by atoms with Gasteiger partial charge in [0.15, 0.2) is 0 Å². The summed E-state index contributed by atoms with van der Waals surface area (Å²) in [5.41, 5.74) is 4.70. The maximum absolute atomic E-state index is 10.7. The van der Waals surface area contributed by atoms with Crippen molar-refractivity contribution in [1.29, 1.82) is 5.26 Å². The number of hydrogen-bond acceptors (Lipinski definition) is 7. The van der Waals surface area contributed by atoms with Crippen LogP contribution < -0.4 is 5.32 Å². The predicted octanol–water partition coefficient (Wildman–Crippen LogP) is 3.97. The number of benzene rings is 2. The van der Waals surface area contributed by atoms with E-state index in [1.165, 1.54) is 0 Å². The van der Waals surface area contributed by atoms with Crippen molar-refractivity contribution < 1.29 is 9.84 Å². The van der Waals surface area contributed by atoms with Crippen LogP contribution in [0.4, 0.5) is 5.82 Å². The second kappa shape index (κ2) is 9.18. The van der Waals surface area contributed by atoms with Crippen LogP contribution in [0.1, 0.15) is 24.0 Å². The molecule has 0 aliphatic carbocycles. The van der Waals surface area contributed by atoms with E-state index >= 15 is 0 Å². The van der Waals surface area contributed by atoms with Gasteiger partial charge < -0.3 is 15.2 Å². The van der Waals surface area contributed by atoms with Gasteiger partial charge in [-0.1, -0.05) is 18.2 Å². The quantitative estimate of drug-likeness (QED) is 0.619. The molecule has 33 heavy (non-hydrogen) atoms. The van der Waals surface area contributed by atoms with Crippen molar-refractivity contribution in [2.45, 2.75) is 31.8 Å². The molecule has 2 saturated heterocycles. The van der Waals surface area contributed by atoms with Crippen LogP contribution in [-0.4, -0.2) is 58.6 Å². The smallest absolute Gasteiger partial charge is 0.149 e. The van der Waals surface area contributed by atoms with Crippen molar-refractivity contribution in [2.75, 3.05) is 31.6 Å². The average molecular weight is 442 g/mol. The summed E-state index contributed by atoms with van der Waals surface area (Å²) >= 11 is 0. The number of anilines is 1. The van der Waals surface area contributed by atoms with E-state index in [0.717, 1.165) is 61.7 Å². The molecule has 2 aliphatic rings. The highest BCUT2D eigenvalue weighted by molar-refractivity contribution is 5.76. The number of nitrogens with zero attached hydrogens (tertiary/aromatic N) is 4. The van der Waals surface area contributed by atoms with Gasteiger partial charge in [0, 0.05) is 18.2 Å². The molecule has 7 heteroatoms. The lowest BCUT2D eigenvalue weighted by Crippen LogP contribution is -2.54. The highest BCUT2D eigenvalue weighted by Gasteiger charge is 2.30. The summed E-state index contributed by atoms with van der Waals surface area (Å²) in [6.07, 6.45) is 2.28. The van der Waals surface area contributed by atoms with E-state index in [1.54, 1.807) is 18.2 Å². The number of likely N-dealkylation sites (tertiary alicyclic amines) is 1. The number of piperidine rings is 1. The standard InChI is InChI=1S/C26H27N5O2/c1-17-11-25(28-21-3-2-10-31(14-21)22-15-33-16-22)29-30-26(17)23-9-8-20(12-24(23)32)19-6-4-18(13-27)5-7-19/h4-9,11-12,21-22,32H,2-3,10,14-16H2,1H3,(H,28,29)/t21-/m1/s1. The van der Waals surface area contributed by atoms with Crippen molar-refractivity contribution in [3.05, 3.63) is 59.7 Å². The molecule has 0 saturated carbocycles. The molecular formula is C26H27N5O2. The van der Waals surface area contributed by atoms with Crippen LogP contribution in [0.15, 0.2) is 48.5 Å². The van der Waals surface area contributed by atoms with Gasteiger partial charge in [-0.25, -0.2) is 0 Å². The number of nitriles is 1. The maximum atomic E-state index is 10.7. The molecule has 2 aliphatic heterocycles. The Morgan fingerprint density at radius 1 is 1.09 bits per heavy atom. The third-order valence-corrected chi connectivity index (χ3v) is 6.53. The number of aromatic nitrogens is 2. The van der Waals surface area contributed by atoms with E-state index in [4.69, 9.17) is 10.00 Å². The fourth-order valence-corrected chi connectivity index (χ4v) is 4.57. The van der Waals surface area contributed by atoms with Crippen LogP contribution in [0.5, 0.6) is 5.75 Å². The number of rotatable bonds is 5. The Labute approximate surface area is 193 Å². The second-order valence-electron chi connectivity index (χ2n) is 8.85. The lowest BCUT2D eigenvalue weighted by Gasteiger charge is -2.42. The lowest BCUT2D eigenvalue weighted by molar-refractivity contribution is -0.0710. The zero-order valence-electron chi connectivity index (χ0n) is 18.7. The largest absolute Gasteiger partial charge is 0.507 e. The number of ether oxygens (including phenoxy) is 1. The van der Waals surface area contributed by atoms with Crippen LogP contribution >= 0.6 is 0 Å². The Balaban J connectivity index is 1.31. The van der Waals surface area contributed by atoms with E-state index < -0.39 is 0 Å². The number of nitrogens with one attached hydrogen (secondary N) is 1. The Morgan fingerprint density at radius 2 is 1.88 bits per heavy atom. The highest BCUT2D eigenvalue weighted by atomic mass is 16.5. The molecule has 0 unspecified atom stereocenters. The average Bonchev–Trinajstić information content (AvgIpc) is 2.79. The molecule has 3 heterocycles. The summed E-state index contributed by atoms with van der Waals surface area (Å²) in [7, 11) is 0. The van der Waals surface area contributed by atoms with Crippen LogP contribution in [0.2, 0.25) is 0 Å². The number of phenolic OH excluding ortho intramolecular Hbond substituents is 1. The summed E-state index contributed by atoms with van der Waals surface area (Å²) in [6, 6.07) is 17.9. The molecule has 2 aromatic carbocycles. The first-order chi connectivity index (χ1) is 16.1. The van der Waals surface area contributed by atoms with Gasteiger partial charge in [-0.05, 0) is 73.3 Å². The Hall–Kier alpha value is -3.47.